The molecule has 3 aromatic carbocycles. The van der Waals surface area contributed by atoms with Gasteiger partial charge in [0, 0.05) is 17.3 Å². The van der Waals surface area contributed by atoms with Crippen LogP contribution < -0.4 is 5.43 Å². The van der Waals surface area contributed by atoms with Gasteiger partial charge in [0.1, 0.15) is 0 Å². The first kappa shape index (κ1) is 14.6. The van der Waals surface area contributed by atoms with Gasteiger partial charge >= 0.3 is 0 Å². The van der Waals surface area contributed by atoms with Gasteiger partial charge in [0.2, 0.25) is 0 Å². The van der Waals surface area contributed by atoms with Crippen LogP contribution in [-0.4, -0.2) is 10.4 Å². The lowest BCUT2D eigenvalue weighted by Gasteiger charge is -2.13. The molecule has 0 aliphatic heterocycles. The summed E-state index contributed by atoms with van der Waals surface area (Å²) in [6.07, 6.45) is 0. The molecule has 109 valence electrons. The second-order valence-electron chi connectivity index (χ2n) is 4.90. The number of hydrogen-bond donors (Lipinski definition) is 0. The van der Waals surface area contributed by atoms with Gasteiger partial charge in [-0.15, -0.1) is 9.95 Å². The van der Waals surface area contributed by atoms with Crippen molar-refractivity contribution < 1.29 is 4.79 Å². The van der Waals surface area contributed by atoms with Gasteiger partial charge in [-0.05, 0) is 28.5 Å². The molecule has 0 aliphatic carbocycles. The molecule has 4 heteroatoms. The second-order valence-corrected chi connectivity index (χ2v) is 5.29. The Morgan fingerprint density at radius 2 is 1.59 bits per heavy atom. The first-order valence-corrected chi connectivity index (χ1v) is 7.29. The maximum absolute atomic E-state index is 12.0. The molecule has 0 aliphatic rings. The van der Waals surface area contributed by atoms with Gasteiger partial charge in [0.15, 0.2) is 0 Å². The van der Waals surface area contributed by atoms with Gasteiger partial charge in [0.25, 0.3) is 5.91 Å². The first-order valence-electron chi connectivity index (χ1n) is 6.95. The molecule has 0 bridgehead atoms. The summed E-state index contributed by atoms with van der Waals surface area (Å²) in [7, 11) is 0. The minimum Gasteiger partial charge on any atom is -0.266 e. The molecular weight excluding hydrogens is 296 g/mol. The molecule has 0 unspecified atom stereocenters. The number of carbonyl (C=O) groups is 1. The van der Waals surface area contributed by atoms with Crippen molar-refractivity contribution in [2.24, 2.45) is 0 Å². The number of benzene rings is 3. The van der Waals surface area contributed by atoms with Crippen LogP contribution in [0.4, 0.5) is 0 Å². The van der Waals surface area contributed by atoms with Crippen molar-refractivity contribution in [3.05, 3.63) is 83.9 Å². The summed E-state index contributed by atoms with van der Waals surface area (Å²) in [5.74, 6) is -0.351. The molecule has 3 nitrogen and oxygen atoms in total. The Balaban J connectivity index is 1.74. The maximum Gasteiger partial charge on any atom is 0.290 e. The Hall–Kier alpha value is -2.36. The standard InChI is InChI=1S/C18H14ClN2O/c19-21(20-18(22)15-8-2-1-3-9-15)13-16-11-6-10-14-7-4-5-12-17(14)16/h1-12H,13H2. The maximum atomic E-state index is 12.0. The lowest BCUT2D eigenvalue weighted by Crippen LogP contribution is -2.28. The quantitative estimate of drug-likeness (QED) is 0.536. The molecule has 3 rings (SSSR count). The van der Waals surface area contributed by atoms with E-state index in [2.05, 4.69) is 5.43 Å². The number of amides is 1. The van der Waals surface area contributed by atoms with E-state index in [-0.39, 0.29) is 5.91 Å². The van der Waals surface area contributed by atoms with E-state index in [9.17, 15) is 4.79 Å². The number of carbonyl (C=O) groups excluding carboxylic acids is 1. The molecule has 0 heterocycles. The smallest absolute Gasteiger partial charge is 0.266 e. The third-order valence-electron chi connectivity index (χ3n) is 3.40. The van der Waals surface area contributed by atoms with Crippen LogP contribution in [-0.2, 0) is 6.54 Å². The molecule has 0 spiro atoms. The summed E-state index contributed by atoms with van der Waals surface area (Å²) in [5.41, 5.74) is 5.45. The van der Waals surface area contributed by atoms with Crippen LogP contribution in [0.15, 0.2) is 72.8 Å². The molecule has 0 saturated heterocycles. The monoisotopic (exact) mass is 309 g/mol. The average Bonchev–Trinajstić information content (AvgIpc) is 2.56. The molecular formula is C18H14ClN2O. The lowest BCUT2D eigenvalue weighted by atomic mass is 10.1. The summed E-state index contributed by atoms with van der Waals surface area (Å²) in [5, 5.41) is 2.25. The van der Waals surface area contributed by atoms with Gasteiger partial charge in [-0.1, -0.05) is 60.7 Å². The molecule has 1 radical (unpaired) electrons. The Morgan fingerprint density at radius 3 is 2.41 bits per heavy atom. The van der Waals surface area contributed by atoms with Gasteiger partial charge < -0.3 is 0 Å². The molecule has 0 atom stereocenters. The predicted octanol–water partition coefficient (Wildman–Crippen LogP) is 4.16. The SMILES string of the molecule is O=C([N]N(Cl)Cc1cccc2ccccc12)c1ccccc1. The zero-order valence-electron chi connectivity index (χ0n) is 11.8. The van der Waals surface area contributed by atoms with Crippen LogP contribution in [0, 0.1) is 0 Å². The van der Waals surface area contributed by atoms with E-state index >= 15 is 0 Å². The highest BCUT2D eigenvalue weighted by molar-refractivity contribution is 6.14. The third-order valence-corrected chi connectivity index (χ3v) is 3.60. The fourth-order valence-electron chi connectivity index (χ4n) is 2.34. The first-order chi connectivity index (χ1) is 10.7. The van der Waals surface area contributed by atoms with E-state index in [4.69, 9.17) is 11.8 Å². The van der Waals surface area contributed by atoms with Crippen LogP contribution in [0.3, 0.4) is 0 Å². The van der Waals surface area contributed by atoms with Crippen molar-refractivity contribution in [1.82, 2.24) is 9.95 Å². The third kappa shape index (κ3) is 3.27. The number of halogens is 1. The zero-order valence-corrected chi connectivity index (χ0v) is 12.6. The van der Waals surface area contributed by atoms with Crippen molar-refractivity contribution >= 4 is 28.5 Å². The molecule has 0 fully saturated rings. The average molecular weight is 310 g/mol. The normalized spacial score (nSPS) is 10.8. The van der Waals surface area contributed by atoms with Crippen molar-refractivity contribution in [2.45, 2.75) is 6.54 Å². The Morgan fingerprint density at radius 1 is 0.909 bits per heavy atom. The highest BCUT2D eigenvalue weighted by Gasteiger charge is 2.13. The summed E-state index contributed by atoms with van der Waals surface area (Å²) in [4.78, 5) is 12.0. The predicted molar refractivity (Wildman–Crippen MR) is 88.3 cm³/mol. The molecule has 0 saturated carbocycles. The van der Waals surface area contributed by atoms with Crippen molar-refractivity contribution in [2.75, 3.05) is 0 Å². The summed E-state index contributed by atoms with van der Waals surface area (Å²) >= 11 is 6.11. The van der Waals surface area contributed by atoms with E-state index in [0.717, 1.165) is 20.9 Å². The van der Waals surface area contributed by atoms with Crippen LogP contribution >= 0.6 is 11.8 Å². The van der Waals surface area contributed by atoms with Gasteiger partial charge in [0.05, 0.1) is 6.54 Å². The highest BCUT2D eigenvalue weighted by Crippen LogP contribution is 2.20. The van der Waals surface area contributed by atoms with Gasteiger partial charge in [-0.25, -0.2) is 0 Å². The number of nitrogens with zero attached hydrogens (tertiary/aromatic N) is 2. The largest absolute Gasteiger partial charge is 0.290 e. The van der Waals surface area contributed by atoms with E-state index in [1.165, 1.54) is 0 Å². The Labute approximate surface area is 134 Å². The number of hydrogen-bond acceptors (Lipinski definition) is 2. The molecule has 3 aromatic rings. The summed E-state index contributed by atoms with van der Waals surface area (Å²) in [6, 6.07) is 22.9. The zero-order chi connectivity index (χ0) is 15.4. The minimum absolute atomic E-state index is 0.351. The Bertz CT molecular complexity index is 784. The van der Waals surface area contributed by atoms with Crippen LogP contribution in [0.25, 0.3) is 10.8 Å². The second kappa shape index (κ2) is 6.60. The number of rotatable bonds is 4. The molecule has 22 heavy (non-hydrogen) atoms. The van der Waals surface area contributed by atoms with Crippen LogP contribution in [0.1, 0.15) is 15.9 Å². The topological polar surface area (TPSA) is 34.4 Å². The molecule has 1 amide bonds. The van der Waals surface area contributed by atoms with Crippen LogP contribution in [0.2, 0.25) is 0 Å². The molecule has 0 aromatic heterocycles. The van der Waals surface area contributed by atoms with E-state index in [0.29, 0.717) is 12.1 Å². The van der Waals surface area contributed by atoms with Crippen LogP contribution in [0.5, 0.6) is 0 Å². The summed E-state index contributed by atoms with van der Waals surface area (Å²) < 4.78 is 1.16. The Kier molecular flexibility index (Phi) is 4.37. The van der Waals surface area contributed by atoms with Gasteiger partial charge in [-0.2, -0.15) is 0 Å². The highest BCUT2D eigenvalue weighted by atomic mass is 35.5. The molecule has 0 N–H and O–H groups in total. The fourth-order valence-corrected chi connectivity index (χ4v) is 2.54. The van der Waals surface area contributed by atoms with E-state index in [1.807, 2.05) is 48.5 Å². The van der Waals surface area contributed by atoms with E-state index < -0.39 is 0 Å². The minimum atomic E-state index is -0.351. The van der Waals surface area contributed by atoms with Crippen molar-refractivity contribution in [1.29, 1.82) is 0 Å². The summed E-state index contributed by atoms with van der Waals surface area (Å²) in [6.45, 7) is 0.363. The number of fused-ring (bicyclic) bond motifs is 1. The lowest BCUT2D eigenvalue weighted by molar-refractivity contribution is 0.0868. The van der Waals surface area contributed by atoms with Crippen molar-refractivity contribution in [3.8, 4) is 0 Å². The fraction of sp³-hybridized carbons (Fsp3) is 0.0556. The van der Waals surface area contributed by atoms with E-state index in [1.54, 1.807) is 24.3 Å². The van der Waals surface area contributed by atoms with Gasteiger partial charge in [-0.3, -0.25) is 4.79 Å². The van der Waals surface area contributed by atoms with Crippen molar-refractivity contribution in [3.63, 3.8) is 0 Å².